The van der Waals surface area contributed by atoms with E-state index < -0.39 is 0 Å². The molecule has 0 aliphatic rings. The van der Waals surface area contributed by atoms with Crippen molar-refractivity contribution in [2.75, 3.05) is 12.0 Å². The summed E-state index contributed by atoms with van der Waals surface area (Å²) in [7, 11) is 0. The molecule has 0 heterocycles. The molecule has 0 saturated heterocycles. The zero-order valence-corrected chi connectivity index (χ0v) is 10.2. The Morgan fingerprint density at radius 2 is 1.88 bits per heavy atom. The van der Waals surface area contributed by atoms with Crippen LogP contribution < -0.4 is 0 Å². The van der Waals surface area contributed by atoms with Crippen molar-refractivity contribution in [1.82, 2.24) is 0 Å². The maximum absolute atomic E-state index is 9.84. The maximum Gasteiger partial charge on any atom is 0.0671 e. The topological polar surface area (TPSA) is 20.2 Å². The van der Waals surface area contributed by atoms with Gasteiger partial charge in [0, 0.05) is 5.75 Å². The predicted octanol–water partition coefficient (Wildman–Crippen LogP) is 3.11. The molecule has 0 radical (unpaired) electrons. The molecule has 0 fully saturated rings. The molecule has 0 saturated carbocycles. The Hall–Kier alpha value is -0.990. The van der Waals surface area contributed by atoms with Gasteiger partial charge >= 0.3 is 0 Å². The van der Waals surface area contributed by atoms with Crippen molar-refractivity contribution >= 4 is 22.5 Å². The van der Waals surface area contributed by atoms with Gasteiger partial charge < -0.3 is 5.11 Å². The first-order valence-corrected chi connectivity index (χ1v) is 6.84. The molecule has 1 unspecified atom stereocenters. The second-order valence-electron chi connectivity index (χ2n) is 3.95. The number of fused-ring (bicyclic) bond motifs is 1. The fourth-order valence-electron chi connectivity index (χ4n) is 1.98. The van der Waals surface area contributed by atoms with E-state index in [0.717, 1.165) is 12.2 Å². The third-order valence-electron chi connectivity index (χ3n) is 2.69. The van der Waals surface area contributed by atoms with Crippen molar-refractivity contribution < 1.29 is 5.11 Å². The molecule has 0 bridgehead atoms. The molecule has 1 nitrogen and oxygen atoms in total. The molecule has 0 amide bonds. The average Bonchev–Trinajstić information content (AvgIpc) is 2.30. The van der Waals surface area contributed by atoms with Crippen LogP contribution in [0.25, 0.3) is 10.8 Å². The van der Waals surface area contributed by atoms with Gasteiger partial charge in [-0.15, -0.1) is 0 Å². The SMILES string of the molecule is CSCC(O)Cc1cccc2ccccc12. The first kappa shape index (κ1) is 11.5. The van der Waals surface area contributed by atoms with E-state index in [2.05, 4.69) is 30.3 Å². The molecule has 0 aromatic heterocycles. The second-order valence-corrected chi connectivity index (χ2v) is 4.86. The Morgan fingerprint density at radius 1 is 1.12 bits per heavy atom. The van der Waals surface area contributed by atoms with Gasteiger partial charge in [0.25, 0.3) is 0 Å². The summed E-state index contributed by atoms with van der Waals surface area (Å²) in [4.78, 5) is 0. The van der Waals surface area contributed by atoms with Crippen molar-refractivity contribution in [3.05, 3.63) is 48.0 Å². The number of rotatable bonds is 4. The number of aliphatic hydroxyl groups is 1. The standard InChI is InChI=1S/C14H16OS/c1-16-10-13(15)9-12-7-4-6-11-5-2-3-8-14(11)12/h2-8,13,15H,9-10H2,1H3. The molecule has 2 aromatic rings. The molecule has 84 valence electrons. The van der Waals surface area contributed by atoms with E-state index in [0.29, 0.717) is 0 Å². The summed E-state index contributed by atoms with van der Waals surface area (Å²) in [6.07, 6.45) is 2.51. The fourth-order valence-corrected chi connectivity index (χ4v) is 2.48. The van der Waals surface area contributed by atoms with E-state index in [1.54, 1.807) is 11.8 Å². The van der Waals surface area contributed by atoms with Crippen LogP contribution in [0.1, 0.15) is 5.56 Å². The molecule has 1 atom stereocenters. The maximum atomic E-state index is 9.84. The Labute approximate surface area is 100 Å². The fraction of sp³-hybridized carbons (Fsp3) is 0.286. The number of hydrogen-bond acceptors (Lipinski definition) is 2. The molecular weight excluding hydrogens is 216 g/mol. The largest absolute Gasteiger partial charge is 0.392 e. The highest BCUT2D eigenvalue weighted by Crippen LogP contribution is 2.20. The van der Waals surface area contributed by atoms with Gasteiger partial charge in [0.2, 0.25) is 0 Å². The Bertz CT molecular complexity index is 462. The molecule has 2 heteroatoms. The van der Waals surface area contributed by atoms with Crippen LogP contribution >= 0.6 is 11.8 Å². The van der Waals surface area contributed by atoms with Crippen molar-refractivity contribution in [2.24, 2.45) is 0 Å². The van der Waals surface area contributed by atoms with Crippen molar-refractivity contribution in [2.45, 2.75) is 12.5 Å². The zero-order valence-electron chi connectivity index (χ0n) is 9.39. The van der Waals surface area contributed by atoms with Gasteiger partial charge in [-0.1, -0.05) is 42.5 Å². The van der Waals surface area contributed by atoms with Gasteiger partial charge in [0.15, 0.2) is 0 Å². The van der Waals surface area contributed by atoms with Crippen LogP contribution in [-0.4, -0.2) is 23.2 Å². The molecule has 2 rings (SSSR count). The van der Waals surface area contributed by atoms with Crippen LogP contribution in [0.3, 0.4) is 0 Å². The van der Waals surface area contributed by atoms with E-state index >= 15 is 0 Å². The van der Waals surface area contributed by atoms with Crippen LogP contribution in [0.15, 0.2) is 42.5 Å². The molecule has 0 aliphatic carbocycles. The third kappa shape index (κ3) is 2.57. The van der Waals surface area contributed by atoms with Gasteiger partial charge in [-0.2, -0.15) is 11.8 Å². The first-order valence-electron chi connectivity index (χ1n) is 5.45. The second kappa shape index (κ2) is 5.37. The highest BCUT2D eigenvalue weighted by molar-refractivity contribution is 7.98. The number of thioether (sulfide) groups is 1. The number of hydrogen-bond donors (Lipinski definition) is 1. The number of benzene rings is 2. The summed E-state index contributed by atoms with van der Waals surface area (Å²) in [5.41, 5.74) is 1.24. The quantitative estimate of drug-likeness (QED) is 0.874. The van der Waals surface area contributed by atoms with E-state index in [4.69, 9.17) is 0 Å². The van der Waals surface area contributed by atoms with Gasteiger partial charge in [-0.05, 0) is 29.0 Å². The lowest BCUT2D eigenvalue weighted by Gasteiger charge is -2.11. The lowest BCUT2D eigenvalue weighted by Crippen LogP contribution is -2.13. The average molecular weight is 232 g/mol. The van der Waals surface area contributed by atoms with Crippen molar-refractivity contribution in [3.63, 3.8) is 0 Å². The van der Waals surface area contributed by atoms with Crippen LogP contribution in [0.4, 0.5) is 0 Å². The summed E-state index contributed by atoms with van der Waals surface area (Å²) in [5.74, 6) is 0.795. The monoisotopic (exact) mass is 232 g/mol. The van der Waals surface area contributed by atoms with E-state index in [9.17, 15) is 5.11 Å². The third-order valence-corrected chi connectivity index (χ3v) is 3.41. The van der Waals surface area contributed by atoms with Crippen molar-refractivity contribution in [1.29, 1.82) is 0 Å². The Kier molecular flexibility index (Phi) is 3.86. The van der Waals surface area contributed by atoms with Crippen molar-refractivity contribution in [3.8, 4) is 0 Å². The van der Waals surface area contributed by atoms with Gasteiger partial charge in [0.05, 0.1) is 6.10 Å². The normalized spacial score (nSPS) is 12.9. The minimum atomic E-state index is -0.249. The van der Waals surface area contributed by atoms with Gasteiger partial charge in [-0.25, -0.2) is 0 Å². The van der Waals surface area contributed by atoms with Crippen LogP contribution in [-0.2, 0) is 6.42 Å². The zero-order chi connectivity index (χ0) is 11.4. The highest BCUT2D eigenvalue weighted by Gasteiger charge is 2.07. The van der Waals surface area contributed by atoms with Crippen LogP contribution in [0.5, 0.6) is 0 Å². The minimum Gasteiger partial charge on any atom is -0.392 e. The molecule has 16 heavy (non-hydrogen) atoms. The summed E-state index contributed by atoms with van der Waals surface area (Å²) >= 11 is 1.68. The molecule has 0 aliphatic heterocycles. The summed E-state index contributed by atoms with van der Waals surface area (Å²) in [6.45, 7) is 0. The molecular formula is C14H16OS. The molecule has 1 N–H and O–H groups in total. The Balaban J connectivity index is 2.30. The summed E-state index contributed by atoms with van der Waals surface area (Å²) in [6, 6.07) is 14.6. The Morgan fingerprint density at radius 3 is 2.69 bits per heavy atom. The van der Waals surface area contributed by atoms with E-state index in [-0.39, 0.29) is 6.10 Å². The molecule has 2 aromatic carbocycles. The lowest BCUT2D eigenvalue weighted by molar-refractivity contribution is 0.200. The lowest BCUT2D eigenvalue weighted by atomic mass is 10.0. The van der Waals surface area contributed by atoms with Gasteiger partial charge in [0.1, 0.15) is 0 Å². The van der Waals surface area contributed by atoms with E-state index in [1.807, 2.05) is 18.4 Å². The minimum absolute atomic E-state index is 0.249. The van der Waals surface area contributed by atoms with Crippen LogP contribution in [0, 0.1) is 0 Å². The number of aliphatic hydroxyl groups excluding tert-OH is 1. The van der Waals surface area contributed by atoms with Crippen LogP contribution in [0.2, 0.25) is 0 Å². The van der Waals surface area contributed by atoms with Gasteiger partial charge in [-0.3, -0.25) is 0 Å². The predicted molar refractivity (Wildman–Crippen MR) is 72.0 cm³/mol. The molecule has 0 spiro atoms. The van der Waals surface area contributed by atoms with E-state index in [1.165, 1.54) is 16.3 Å². The first-order chi connectivity index (χ1) is 7.81. The highest BCUT2D eigenvalue weighted by atomic mass is 32.2. The summed E-state index contributed by atoms with van der Waals surface area (Å²) < 4.78 is 0. The summed E-state index contributed by atoms with van der Waals surface area (Å²) in [5, 5.41) is 12.3. The smallest absolute Gasteiger partial charge is 0.0671 e.